The minimum absolute atomic E-state index is 0.246. The third-order valence-electron chi connectivity index (χ3n) is 2.53. The van der Waals surface area contributed by atoms with E-state index in [0.717, 1.165) is 5.69 Å². The smallest absolute Gasteiger partial charge is 0.322 e. The zero-order chi connectivity index (χ0) is 14.5. The maximum atomic E-state index is 11.8. The molecule has 0 aliphatic carbocycles. The number of esters is 1. The van der Waals surface area contributed by atoms with Gasteiger partial charge in [0.15, 0.2) is 0 Å². The second-order valence-corrected chi connectivity index (χ2v) is 6.75. The molecule has 0 heterocycles. The van der Waals surface area contributed by atoms with Gasteiger partial charge in [0.25, 0.3) is 0 Å². The number of carbonyl (C=O) groups is 1. The van der Waals surface area contributed by atoms with Crippen LogP contribution in [0.25, 0.3) is 0 Å². The van der Waals surface area contributed by atoms with Crippen LogP contribution in [0.3, 0.4) is 0 Å². The number of benzene rings is 1. The van der Waals surface area contributed by atoms with Crippen molar-refractivity contribution >= 4 is 40.0 Å². The summed E-state index contributed by atoms with van der Waals surface area (Å²) in [5.74, 6) is -0.246. The van der Waals surface area contributed by atoms with Crippen LogP contribution in [0.15, 0.2) is 30.3 Å². The molecular weight excluding hydrogens is 278 g/mol. The molecule has 0 spiro atoms. The van der Waals surface area contributed by atoms with Crippen molar-refractivity contribution in [1.29, 1.82) is 0 Å². The lowest BCUT2D eigenvalue weighted by molar-refractivity contribution is -0.145. The van der Waals surface area contributed by atoms with Crippen LogP contribution in [0, 0.1) is 0 Å². The Morgan fingerprint density at radius 1 is 1.37 bits per heavy atom. The average Bonchev–Trinajstić information content (AvgIpc) is 2.38. The number of thioether (sulfide) groups is 1. The summed E-state index contributed by atoms with van der Waals surface area (Å²) in [6, 6.07) is 9.82. The fraction of sp³-hybridized carbons (Fsp3) is 0.429. The van der Waals surface area contributed by atoms with Crippen LogP contribution in [0.5, 0.6) is 0 Å². The van der Waals surface area contributed by atoms with Crippen LogP contribution in [0.4, 0.5) is 5.69 Å². The highest BCUT2D eigenvalue weighted by Crippen LogP contribution is 2.30. The predicted molar refractivity (Wildman–Crippen MR) is 85.7 cm³/mol. The summed E-state index contributed by atoms with van der Waals surface area (Å²) in [7, 11) is 1.89. The molecule has 0 N–H and O–H groups in total. The molecule has 1 rings (SSSR count). The Balaban J connectivity index is 2.72. The second-order valence-electron chi connectivity index (χ2n) is 4.49. The molecule has 0 amide bonds. The van der Waals surface area contributed by atoms with Crippen molar-refractivity contribution in [3.8, 4) is 0 Å². The van der Waals surface area contributed by atoms with Gasteiger partial charge in [-0.15, -0.1) is 0 Å². The molecule has 0 aromatic heterocycles. The van der Waals surface area contributed by atoms with Crippen molar-refractivity contribution in [3.63, 3.8) is 0 Å². The molecule has 0 saturated heterocycles. The molecule has 3 nitrogen and oxygen atoms in total. The molecule has 0 aliphatic heterocycles. The normalized spacial score (nSPS) is 10.9. The highest BCUT2D eigenvalue weighted by atomic mass is 32.2. The van der Waals surface area contributed by atoms with E-state index in [2.05, 4.69) is 0 Å². The van der Waals surface area contributed by atoms with Gasteiger partial charge >= 0.3 is 5.97 Å². The van der Waals surface area contributed by atoms with Crippen LogP contribution >= 0.6 is 24.0 Å². The molecule has 5 heteroatoms. The van der Waals surface area contributed by atoms with Crippen molar-refractivity contribution in [3.05, 3.63) is 30.3 Å². The molecule has 0 fully saturated rings. The van der Waals surface area contributed by atoms with Crippen molar-refractivity contribution in [1.82, 2.24) is 0 Å². The Bertz CT molecular complexity index is 446. The van der Waals surface area contributed by atoms with Gasteiger partial charge in [-0.3, -0.25) is 4.79 Å². The lowest BCUT2D eigenvalue weighted by Gasteiger charge is -2.26. The van der Waals surface area contributed by atoms with Crippen molar-refractivity contribution in [2.75, 3.05) is 18.6 Å². The first-order valence-corrected chi connectivity index (χ1v) is 7.30. The summed E-state index contributed by atoms with van der Waals surface area (Å²) in [6.07, 6.45) is 0. The summed E-state index contributed by atoms with van der Waals surface area (Å²) in [5.41, 5.74) is 1.000. The second kappa shape index (κ2) is 6.91. The maximum absolute atomic E-state index is 11.8. The third-order valence-corrected chi connectivity index (χ3v) is 4.18. The Morgan fingerprint density at radius 2 is 1.95 bits per heavy atom. The van der Waals surface area contributed by atoms with Crippen LogP contribution in [0.1, 0.15) is 20.8 Å². The number of hydrogen-bond acceptors (Lipinski definition) is 4. The molecule has 0 aliphatic rings. The van der Waals surface area contributed by atoms with Gasteiger partial charge in [0, 0.05) is 12.7 Å². The molecule has 0 bridgehead atoms. The van der Waals surface area contributed by atoms with Gasteiger partial charge in [-0.25, -0.2) is 0 Å². The highest BCUT2D eigenvalue weighted by molar-refractivity contribution is 8.24. The van der Waals surface area contributed by atoms with E-state index in [1.807, 2.05) is 56.1 Å². The average molecular weight is 297 g/mol. The van der Waals surface area contributed by atoms with E-state index in [4.69, 9.17) is 17.0 Å². The summed E-state index contributed by atoms with van der Waals surface area (Å²) >= 11 is 6.73. The molecule has 19 heavy (non-hydrogen) atoms. The zero-order valence-corrected chi connectivity index (χ0v) is 13.3. The van der Waals surface area contributed by atoms with Crippen LogP contribution in [-0.2, 0) is 9.53 Å². The van der Waals surface area contributed by atoms with Crippen molar-refractivity contribution < 1.29 is 9.53 Å². The molecule has 1 aromatic rings. The molecule has 104 valence electrons. The number of anilines is 1. The van der Waals surface area contributed by atoms with Gasteiger partial charge in [0.2, 0.25) is 0 Å². The third kappa shape index (κ3) is 4.51. The van der Waals surface area contributed by atoms with Crippen molar-refractivity contribution in [2.24, 2.45) is 0 Å². The van der Waals surface area contributed by atoms with E-state index in [9.17, 15) is 4.79 Å². The minimum Gasteiger partial charge on any atom is -0.465 e. The Hall–Kier alpha value is -1.07. The summed E-state index contributed by atoms with van der Waals surface area (Å²) in [6.45, 7) is 5.82. The molecule has 0 radical (unpaired) electrons. The quantitative estimate of drug-likeness (QED) is 0.627. The van der Waals surface area contributed by atoms with E-state index in [1.165, 1.54) is 11.8 Å². The maximum Gasteiger partial charge on any atom is 0.322 e. The van der Waals surface area contributed by atoms with Gasteiger partial charge in [-0.2, -0.15) is 0 Å². The number of thiocarbonyl (C=S) groups is 1. The van der Waals surface area contributed by atoms with Crippen molar-refractivity contribution in [2.45, 2.75) is 25.5 Å². The SMILES string of the molecule is CCOC(=O)C(C)(C)SC(=S)N(C)c1ccccc1. The summed E-state index contributed by atoms with van der Waals surface area (Å²) in [5, 5.41) is 0. The van der Waals surface area contributed by atoms with Gasteiger partial charge in [-0.05, 0) is 32.9 Å². The lowest BCUT2D eigenvalue weighted by Crippen LogP contribution is -2.34. The van der Waals surface area contributed by atoms with Gasteiger partial charge in [0.1, 0.15) is 9.07 Å². The fourth-order valence-electron chi connectivity index (χ4n) is 1.39. The fourth-order valence-corrected chi connectivity index (χ4v) is 2.94. The first-order chi connectivity index (χ1) is 8.88. The van der Waals surface area contributed by atoms with Gasteiger partial charge in [0.05, 0.1) is 6.61 Å². The standard InChI is InChI=1S/C14H19NO2S2/c1-5-17-12(16)14(2,3)19-13(18)15(4)11-9-7-6-8-10-11/h6-10H,5H2,1-4H3. The highest BCUT2D eigenvalue weighted by Gasteiger charge is 2.32. The topological polar surface area (TPSA) is 29.5 Å². The van der Waals surface area contributed by atoms with E-state index in [-0.39, 0.29) is 5.97 Å². The summed E-state index contributed by atoms with van der Waals surface area (Å²) in [4.78, 5) is 13.7. The van der Waals surface area contributed by atoms with E-state index in [0.29, 0.717) is 10.9 Å². The van der Waals surface area contributed by atoms with Gasteiger partial charge in [-0.1, -0.05) is 42.2 Å². The van der Waals surface area contributed by atoms with E-state index in [1.54, 1.807) is 6.92 Å². The van der Waals surface area contributed by atoms with E-state index < -0.39 is 4.75 Å². The molecule has 1 aromatic carbocycles. The Morgan fingerprint density at radius 3 is 2.47 bits per heavy atom. The Kier molecular flexibility index (Phi) is 5.82. The largest absolute Gasteiger partial charge is 0.465 e. The van der Waals surface area contributed by atoms with E-state index >= 15 is 0 Å². The van der Waals surface area contributed by atoms with Crippen LogP contribution in [-0.4, -0.2) is 28.7 Å². The molecule has 0 unspecified atom stereocenters. The lowest BCUT2D eigenvalue weighted by atomic mass is 10.2. The van der Waals surface area contributed by atoms with Gasteiger partial charge < -0.3 is 9.64 Å². The number of carbonyl (C=O) groups excluding carboxylic acids is 1. The van der Waals surface area contributed by atoms with Crippen LogP contribution in [0.2, 0.25) is 0 Å². The summed E-state index contributed by atoms with van der Waals surface area (Å²) < 4.78 is 5.01. The first-order valence-electron chi connectivity index (χ1n) is 6.07. The molecule has 0 atom stereocenters. The number of hydrogen-bond donors (Lipinski definition) is 0. The molecular formula is C14H19NO2S2. The number of ether oxygens (including phenoxy) is 1. The first kappa shape index (κ1) is 16.0. The minimum atomic E-state index is -0.684. The molecule has 0 saturated carbocycles. The van der Waals surface area contributed by atoms with Crippen LogP contribution < -0.4 is 4.90 Å². The Labute approximate surface area is 124 Å². The predicted octanol–water partition coefficient (Wildman–Crippen LogP) is 3.48. The monoisotopic (exact) mass is 297 g/mol. The number of nitrogens with zero attached hydrogens (tertiary/aromatic N) is 1. The number of para-hydroxylation sites is 1. The number of rotatable bonds is 4. The zero-order valence-electron chi connectivity index (χ0n) is 11.7.